The van der Waals surface area contributed by atoms with Gasteiger partial charge in [-0.05, 0) is 37.4 Å². The van der Waals surface area contributed by atoms with Gasteiger partial charge in [-0.25, -0.2) is 0 Å². The van der Waals surface area contributed by atoms with Crippen molar-refractivity contribution in [2.75, 3.05) is 13.1 Å². The van der Waals surface area contributed by atoms with Gasteiger partial charge in [0.15, 0.2) is 0 Å². The van der Waals surface area contributed by atoms with E-state index in [1.807, 2.05) is 6.20 Å². The minimum absolute atomic E-state index is 0. The molecule has 14 heavy (non-hydrogen) atoms. The van der Waals surface area contributed by atoms with Crippen molar-refractivity contribution in [3.8, 4) is 0 Å². The number of hydrogen-bond donors (Lipinski definition) is 1. The van der Waals surface area contributed by atoms with Gasteiger partial charge in [-0.3, -0.25) is 4.68 Å². The molecule has 0 saturated carbocycles. The predicted octanol–water partition coefficient (Wildman–Crippen LogP) is 2.18. The van der Waals surface area contributed by atoms with Crippen molar-refractivity contribution in [2.45, 2.75) is 38.6 Å². The van der Waals surface area contributed by atoms with Crippen LogP contribution in [0.1, 0.15) is 45.6 Å². The molecule has 0 atom stereocenters. The Morgan fingerprint density at radius 3 is 2.79 bits per heavy atom. The Balaban J connectivity index is 0.00000112. The van der Waals surface area contributed by atoms with E-state index < -0.39 is 0 Å². The summed E-state index contributed by atoms with van der Waals surface area (Å²) in [5.41, 5.74) is 1.35. The molecule has 0 spiro atoms. The fourth-order valence-corrected chi connectivity index (χ4v) is 1.92. The van der Waals surface area contributed by atoms with Crippen molar-refractivity contribution in [2.24, 2.45) is 0 Å². The molecule has 80 valence electrons. The van der Waals surface area contributed by atoms with E-state index in [1.165, 1.54) is 18.4 Å². The van der Waals surface area contributed by atoms with Gasteiger partial charge in [0, 0.05) is 7.62 Å². The third-order valence-electron chi connectivity index (χ3n) is 2.97. The van der Waals surface area contributed by atoms with Crippen LogP contribution in [0.4, 0.5) is 0 Å². The second kappa shape index (κ2) is 4.13. The second-order valence-corrected chi connectivity index (χ2v) is 4.39. The average molecular weight is 195 g/mol. The molecular formula is C11H21N3. The van der Waals surface area contributed by atoms with Crippen LogP contribution in [-0.4, -0.2) is 22.9 Å². The molecule has 1 aliphatic heterocycles. The Kier molecular flexibility index (Phi) is 2.87. The highest BCUT2D eigenvalue weighted by atomic mass is 15.3. The van der Waals surface area contributed by atoms with Gasteiger partial charge in [0.25, 0.3) is 0 Å². The molecule has 1 aromatic heterocycles. The zero-order chi connectivity index (χ0) is 9.97. The smallest absolute Gasteiger partial charge is 0.0543 e. The minimum Gasteiger partial charge on any atom is -0.317 e. The number of rotatable bonds is 2. The first-order chi connectivity index (χ1) is 6.77. The molecule has 0 bridgehead atoms. The molecular weight excluding hydrogens is 174 g/mol. The van der Waals surface area contributed by atoms with E-state index in [0.717, 1.165) is 13.1 Å². The molecule has 1 aliphatic rings. The molecule has 1 aromatic rings. The summed E-state index contributed by atoms with van der Waals surface area (Å²) in [6.45, 7) is 6.68. The molecule has 2 rings (SSSR count). The van der Waals surface area contributed by atoms with Crippen LogP contribution in [0.25, 0.3) is 0 Å². The predicted molar refractivity (Wildman–Crippen MR) is 59.6 cm³/mol. The van der Waals surface area contributed by atoms with Gasteiger partial charge in [-0.15, -0.1) is 0 Å². The van der Waals surface area contributed by atoms with Crippen LogP contribution in [0.5, 0.6) is 0 Å². The topological polar surface area (TPSA) is 29.9 Å². The maximum absolute atomic E-state index is 4.45. The van der Waals surface area contributed by atoms with Gasteiger partial charge >= 0.3 is 0 Å². The van der Waals surface area contributed by atoms with Crippen LogP contribution in [0.3, 0.4) is 0 Å². The van der Waals surface area contributed by atoms with Crippen molar-refractivity contribution in [1.82, 2.24) is 15.1 Å². The maximum Gasteiger partial charge on any atom is 0.0543 e. The van der Waals surface area contributed by atoms with Crippen LogP contribution >= 0.6 is 0 Å². The van der Waals surface area contributed by atoms with E-state index in [9.17, 15) is 0 Å². The van der Waals surface area contributed by atoms with Crippen LogP contribution in [-0.2, 0) is 0 Å². The lowest BCUT2D eigenvalue weighted by Gasteiger charge is -2.22. The summed E-state index contributed by atoms with van der Waals surface area (Å²) < 4.78 is 2.15. The number of aromatic nitrogens is 2. The zero-order valence-electron chi connectivity index (χ0n) is 9.03. The Labute approximate surface area is 87.0 Å². The Bertz CT molecular complexity index is 290. The fraction of sp³-hybridized carbons (Fsp3) is 0.727. The van der Waals surface area contributed by atoms with Crippen molar-refractivity contribution in [3.63, 3.8) is 0 Å². The largest absolute Gasteiger partial charge is 0.317 e. The van der Waals surface area contributed by atoms with E-state index in [-0.39, 0.29) is 1.43 Å². The summed E-state index contributed by atoms with van der Waals surface area (Å²) in [7, 11) is 0. The molecule has 1 N–H and O–H groups in total. The van der Waals surface area contributed by atoms with Crippen LogP contribution in [0.15, 0.2) is 12.4 Å². The van der Waals surface area contributed by atoms with Crippen molar-refractivity contribution < 1.29 is 1.43 Å². The van der Waals surface area contributed by atoms with Gasteiger partial charge in [0.2, 0.25) is 0 Å². The van der Waals surface area contributed by atoms with Gasteiger partial charge in [0.1, 0.15) is 0 Å². The first-order valence-electron chi connectivity index (χ1n) is 5.52. The van der Waals surface area contributed by atoms with E-state index in [0.29, 0.717) is 12.0 Å². The summed E-state index contributed by atoms with van der Waals surface area (Å²) >= 11 is 0. The van der Waals surface area contributed by atoms with Gasteiger partial charge in [-0.2, -0.15) is 5.10 Å². The van der Waals surface area contributed by atoms with Gasteiger partial charge < -0.3 is 5.32 Å². The Morgan fingerprint density at radius 1 is 1.50 bits per heavy atom. The lowest BCUT2D eigenvalue weighted by atomic mass is 10.1. The van der Waals surface area contributed by atoms with Gasteiger partial charge in [0.05, 0.1) is 12.2 Å². The molecule has 3 nitrogen and oxygen atoms in total. The lowest BCUT2D eigenvalue weighted by molar-refractivity contribution is 0.343. The zero-order valence-corrected chi connectivity index (χ0v) is 9.03. The van der Waals surface area contributed by atoms with Crippen LogP contribution in [0, 0.1) is 0 Å². The molecule has 3 heteroatoms. The summed E-state index contributed by atoms with van der Waals surface area (Å²) in [5.74, 6) is 0.588. The Hall–Kier alpha value is -0.830. The highest BCUT2D eigenvalue weighted by Gasteiger charge is 2.15. The SMILES string of the molecule is CC(C)c1cnn(C2CCNCC2)c1.[HH]. The van der Waals surface area contributed by atoms with E-state index in [2.05, 4.69) is 35.1 Å². The van der Waals surface area contributed by atoms with Gasteiger partial charge in [-0.1, -0.05) is 13.8 Å². The summed E-state index contributed by atoms with van der Waals surface area (Å²) in [4.78, 5) is 0. The third kappa shape index (κ3) is 1.98. The van der Waals surface area contributed by atoms with Crippen LogP contribution in [0.2, 0.25) is 0 Å². The second-order valence-electron chi connectivity index (χ2n) is 4.39. The van der Waals surface area contributed by atoms with Crippen molar-refractivity contribution >= 4 is 0 Å². The molecule has 0 amide bonds. The summed E-state index contributed by atoms with van der Waals surface area (Å²) in [6.07, 6.45) is 6.63. The number of hydrogen-bond acceptors (Lipinski definition) is 2. The fourth-order valence-electron chi connectivity index (χ4n) is 1.92. The molecule has 0 aromatic carbocycles. The molecule has 0 aliphatic carbocycles. The number of nitrogens with one attached hydrogen (secondary N) is 1. The number of piperidine rings is 1. The van der Waals surface area contributed by atoms with E-state index in [4.69, 9.17) is 0 Å². The number of nitrogens with zero attached hydrogens (tertiary/aromatic N) is 2. The molecule has 0 unspecified atom stereocenters. The first-order valence-corrected chi connectivity index (χ1v) is 5.52. The third-order valence-corrected chi connectivity index (χ3v) is 2.97. The molecule has 2 heterocycles. The normalized spacial score (nSPS) is 19.1. The molecule has 1 saturated heterocycles. The summed E-state index contributed by atoms with van der Waals surface area (Å²) in [6, 6.07) is 0.615. The molecule has 1 fully saturated rings. The van der Waals surface area contributed by atoms with Crippen molar-refractivity contribution in [3.05, 3.63) is 18.0 Å². The minimum atomic E-state index is 0. The highest BCUT2D eigenvalue weighted by Crippen LogP contribution is 2.20. The molecule has 0 radical (unpaired) electrons. The standard InChI is InChI=1S/C11H19N3.H2/c1-9(2)10-7-13-14(8-10)11-3-5-12-6-4-11;/h7-9,11-12H,3-6H2,1-2H3;1H. The lowest BCUT2D eigenvalue weighted by Crippen LogP contribution is -2.29. The highest BCUT2D eigenvalue weighted by molar-refractivity contribution is 5.09. The monoisotopic (exact) mass is 195 g/mol. The summed E-state index contributed by atoms with van der Waals surface area (Å²) in [5, 5.41) is 7.82. The van der Waals surface area contributed by atoms with E-state index in [1.54, 1.807) is 0 Å². The first kappa shape index (κ1) is 9.71. The van der Waals surface area contributed by atoms with E-state index >= 15 is 0 Å². The maximum atomic E-state index is 4.45. The quantitative estimate of drug-likeness (QED) is 0.784. The van der Waals surface area contributed by atoms with Crippen molar-refractivity contribution in [1.29, 1.82) is 0 Å². The average Bonchev–Trinajstić information content (AvgIpc) is 2.68. The Morgan fingerprint density at radius 2 is 2.21 bits per heavy atom. The van der Waals surface area contributed by atoms with Crippen LogP contribution < -0.4 is 5.32 Å².